The van der Waals surface area contributed by atoms with E-state index in [4.69, 9.17) is 0 Å². The zero-order valence-corrected chi connectivity index (χ0v) is 15.4. The number of Topliss-reactive ketones (excluding diaryl/α,β-unsaturated/α-hetero) is 1. The second-order valence-electron chi connectivity index (χ2n) is 6.05. The molecule has 2 aromatic rings. The summed E-state index contributed by atoms with van der Waals surface area (Å²) in [5, 5.41) is 8.01. The molecule has 0 N–H and O–H groups in total. The Morgan fingerprint density at radius 3 is 1.93 bits per heavy atom. The SMILES string of the molecule is O=C1CCN(C(=O)c2ccc(N=Nc3ccc(OS(=O)(=O)F)cc3)cc2)CC1. The summed E-state index contributed by atoms with van der Waals surface area (Å²) in [7, 11) is -5.07. The first kappa shape index (κ1) is 19.6. The van der Waals surface area contributed by atoms with Crippen LogP contribution < -0.4 is 4.18 Å². The summed E-state index contributed by atoms with van der Waals surface area (Å²) in [5.74, 6) is -0.135. The van der Waals surface area contributed by atoms with Gasteiger partial charge in [-0.25, -0.2) is 0 Å². The van der Waals surface area contributed by atoms with Gasteiger partial charge in [0.15, 0.2) is 0 Å². The largest absolute Gasteiger partial charge is 0.488 e. The molecule has 1 aliphatic rings. The number of carbonyl (C=O) groups excluding carboxylic acids is 2. The Morgan fingerprint density at radius 1 is 0.929 bits per heavy atom. The molecule has 0 aromatic heterocycles. The van der Waals surface area contributed by atoms with E-state index in [2.05, 4.69) is 14.4 Å². The van der Waals surface area contributed by atoms with E-state index in [-0.39, 0.29) is 17.4 Å². The summed E-state index contributed by atoms with van der Waals surface area (Å²) in [4.78, 5) is 25.3. The Hall–Kier alpha value is -3.14. The van der Waals surface area contributed by atoms with E-state index >= 15 is 0 Å². The maximum atomic E-state index is 12.4. The van der Waals surface area contributed by atoms with Gasteiger partial charge < -0.3 is 9.08 Å². The average Bonchev–Trinajstić information content (AvgIpc) is 2.67. The number of amides is 1. The molecule has 1 aliphatic heterocycles. The zero-order valence-electron chi connectivity index (χ0n) is 14.6. The Kier molecular flexibility index (Phi) is 5.78. The molecule has 1 amide bonds. The van der Waals surface area contributed by atoms with Crippen molar-refractivity contribution >= 4 is 33.6 Å². The van der Waals surface area contributed by atoms with Gasteiger partial charge >= 0.3 is 10.5 Å². The van der Waals surface area contributed by atoms with Crippen molar-refractivity contribution in [1.82, 2.24) is 4.90 Å². The fourth-order valence-corrected chi connectivity index (χ4v) is 2.95. The fourth-order valence-electron chi connectivity index (χ4n) is 2.61. The highest BCUT2D eigenvalue weighted by molar-refractivity contribution is 7.81. The van der Waals surface area contributed by atoms with Crippen LogP contribution in [0.5, 0.6) is 5.75 Å². The molecule has 0 bridgehead atoms. The van der Waals surface area contributed by atoms with Gasteiger partial charge in [-0.1, -0.05) is 3.89 Å². The van der Waals surface area contributed by atoms with Crippen molar-refractivity contribution in [1.29, 1.82) is 0 Å². The molecular weight excluding hydrogens is 389 g/mol. The molecule has 0 unspecified atom stereocenters. The third kappa shape index (κ3) is 5.43. The van der Waals surface area contributed by atoms with Crippen molar-refractivity contribution in [2.75, 3.05) is 13.1 Å². The molecule has 1 saturated heterocycles. The summed E-state index contributed by atoms with van der Waals surface area (Å²) in [5.41, 5.74) is 1.42. The number of ketones is 1. The van der Waals surface area contributed by atoms with Crippen LogP contribution in [-0.4, -0.2) is 38.1 Å². The van der Waals surface area contributed by atoms with Crippen LogP contribution in [-0.2, 0) is 15.3 Å². The highest BCUT2D eigenvalue weighted by atomic mass is 32.3. The lowest BCUT2D eigenvalue weighted by atomic mass is 10.1. The first-order valence-corrected chi connectivity index (χ1v) is 9.68. The minimum atomic E-state index is -5.07. The smallest absolute Gasteiger partial charge is 0.358 e. The Bertz CT molecular complexity index is 995. The number of carbonyl (C=O) groups is 2. The number of nitrogens with zero attached hydrogens (tertiary/aromatic N) is 3. The van der Waals surface area contributed by atoms with Crippen LogP contribution in [0.2, 0.25) is 0 Å². The topological polar surface area (TPSA) is 105 Å². The van der Waals surface area contributed by atoms with Gasteiger partial charge in [0.1, 0.15) is 11.5 Å². The van der Waals surface area contributed by atoms with Gasteiger partial charge in [-0.3, -0.25) is 9.59 Å². The average molecular weight is 405 g/mol. The highest BCUT2D eigenvalue weighted by Gasteiger charge is 2.21. The van der Waals surface area contributed by atoms with Gasteiger partial charge in [0.05, 0.1) is 11.4 Å². The Balaban J connectivity index is 1.62. The molecule has 10 heteroatoms. The number of benzene rings is 2. The predicted octanol–water partition coefficient (Wildman–Crippen LogP) is 3.50. The van der Waals surface area contributed by atoms with Crippen molar-refractivity contribution in [3.8, 4) is 5.75 Å². The van der Waals surface area contributed by atoms with Gasteiger partial charge in [0.25, 0.3) is 5.91 Å². The maximum absolute atomic E-state index is 12.4. The normalized spacial score (nSPS) is 15.0. The lowest BCUT2D eigenvalue weighted by Crippen LogP contribution is -2.38. The number of piperidine rings is 1. The third-order valence-corrected chi connectivity index (χ3v) is 4.43. The first-order valence-electron chi connectivity index (χ1n) is 8.37. The van der Waals surface area contributed by atoms with Gasteiger partial charge in [0, 0.05) is 31.5 Å². The molecule has 1 heterocycles. The van der Waals surface area contributed by atoms with Gasteiger partial charge in [-0.15, -0.1) is 0 Å². The van der Waals surface area contributed by atoms with Gasteiger partial charge in [0.2, 0.25) is 0 Å². The number of azo groups is 1. The van der Waals surface area contributed by atoms with E-state index in [0.717, 1.165) is 0 Å². The van der Waals surface area contributed by atoms with E-state index in [1.54, 1.807) is 29.2 Å². The van der Waals surface area contributed by atoms with Crippen LogP contribution in [0.3, 0.4) is 0 Å². The molecule has 1 fully saturated rings. The van der Waals surface area contributed by atoms with Crippen molar-refractivity contribution in [2.24, 2.45) is 10.2 Å². The lowest BCUT2D eigenvalue weighted by Gasteiger charge is -2.26. The molecule has 146 valence electrons. The monoisotopic (exact) mass is 405 g/mol. The fraction of sp³-hybridized carbons (Fsp3) is 0.222. The quantitative estimate of drug-likeness (QED) is 0.559. The molecule has 2 aromatic carbocycles. The van der Waals surface area contributed by atoms with Crippen LogP contribution >= 0.6 is 0 Å². The molecule has 0 aliphatic carbocycles. The molecule has 0 spiro atoms. The molecule has 0 atom stereocenters. The van der Waals surface area contributed by atoms with Crippen molar-refractivity contribution in [3.63, 3.8) is 0 Å². The van der Waals surface area contributed by atoms with Crippen molar-refractivity contribution in [3.05, 3.63) is 54.1 Å². The number of hydrogen-bond acceptors (Lipinski definition) is 7. The number of rotatable bonds is 5. The standard InChI is InChI=1S/C18H16FN3O5S/c19-28(25,26)27-17-7-5-15(6-8-17)21-20-14-3-1-13(2-4-14)18(24)22-11-9-16(23)10-12-22/h1-8H,9-12H2. The van der Waals surface area contributed by atoms with Gasteiger partial charge in [-0.2, -0.15) is 18.6 Å². The Morgan fingerprint density at radius 2 is 1.43 bits per heavy atom. The Labute approximate surface area is 161 Å². The number of likely N-dealkylation sites (tertiary alicyclic amines) is 1. The van der Waals surface area contributed by atoms with Crippen LogP contribution in [0.25, 0.3) is 0 Å². The minimum Gasteiger partial charge on any atom is -0.358 e. The molecule has 3 rings (SSSR count). The van der Waals surface area contributed by atoms with Gasteiger partial charge in [-0.05, 0) is 48.5 Å². The van der Waals surface area contributed by atoms with Crippen LogP contribution in [0, 0.1) is 0 Å². The third-order valence-electron chi connectivity index (χ3n) is 4.04. The van der Waals surface area contributed by atoms with Crippen LogP contribution in [0.1, 0.15) is 23.2 Å². The maximum Gasteiger partial charge on any atom is 0.488 e. The second-order valence-corrected chi connectivity index (χ2v) is 7.00. The summed E-state index contributed by atoms with van der Waals surface area (Å²) in [6, 6.07) is 11.9. The minimum absolute atomic E-state index is 0.130. The summed E-state index contributed by atoms with van der Waals surface area (Å²) >= 11 is 0. The number of hydrogen-bond donors (Lipinski definition) is 0. The van der Waals surface area contributed by atoms with Crippen molar-refractivity contribution in [2.45, 2.75) is 12.8 Å². The molecule has 0 radical (unpaired) electrons. The lowest BCUT2D eigenvalue weighted by molar-refractivity contribution is -0.120. The van der Waals surface area contributed by atoms with E-state index in [9.17, 15) is 21.9 Å². The second kappa shape index (κ2) is 8.26. The summed E-state index contributed by atoms with van der Waals surface area (Å²) in [6.45, 7) is 0.866. The van der Waals surface area contributed by atoms with Crippen molar-refractivity contribution < 1.29 is 26.1 Å². The van der Waals surface area contributed by atoms with E-state index in [0.29, 0.717) is 42.9 Å². The highest BCUT2D eigenvalue weighted by Crippen LogP contribution is 2.23. The van der Waals surface area contributed by atoms with E-state index in [1.807, 2.05) is 0 Å². The molecule has 8 nitrogen and oxygen atoms in total. The molecule has 0 saturated carbocycles. The van der Waals surface area contributed by atoms with Crippen LogP contribution in [0.15, 0.2) is 58.8 Å². The summed E-state index contributed by atoms with van der Waals surface area (Å²) < 4.78 is 37.4. The zero-order chi connectivity index (χ0) is 20.1. The summed E-state index contributed by atoms with van der Waals surface area (Å²) in [6.07, 6.45) is 0.776. The van der Waals surface area contributed by atoms with E-state index in [1.165, 1.54) is 24.3 Å². The molecule has 28 heavy (non-hydrogen) atoms. The first-order chi connectivity index (χ1) is 13.3. The predicted molar refractivity (Wildman–Crippen MR) is 97.9 cm³/mol. The molecular formula is C18H16FN3O5S. The van der Waals surface area contributed by atoms with E-state index < -0.39 is 10.5 Å². The van der Waals surface area contributed by atoms with Crippen LogP contribution in [0.4, 0.5) is 15.3 Å². The number of halogens is 1.